The van der Waals surface area contributed by atoms with E-state index in [1.54, 1.807) is 26.2 Å². The average molecular weight is 321 g/mol. The number of hydrogen-bond acceptors (Lipinski definition) is 3. The summed E-state index contributed by atoms with van der Waals surface area (Å²) in [4.78, 5) is 0.478. The molecule has 2 rings (SSSR count). The maximum atomic E-state index is 13.9. The number of rotatable bonds is 3. The summed E-state index contributed by atoms with van der Waals surface area (Å²) in [5.41, 5.74) is 0.280. The summed E-state index contributed by atoms with van der Waals surface area (Å²) in [6.07, 6.45) is 1.80. The third kappa shape index (κ3) is 2.08. The standard InChI is InChI=1S/C11H14BrFN2OS/c1-14-11-9(6-5-8(12)10(11)13)17(16,15-2)7-3-4-7/h5-7,14H,3-4H2,1-2H3. The van der Waals surface area contributed by atoms with Crippen molar-refractivity contribution in [1.82, 2.24) is 0 Å². The summed E-state index contributed by atoms with van der Waals surface area (Å²) >= 11 is 3.12. The van der Waals surface area contributed by atoms with Crippen molar-refractivity contribution in [2.45, 2.75) is 23.0 Å². The first kappa shape index (κ1) is 12.8. The Labute approximate surface area is 109 Å². The molecular weight excluding hydrogens is 307 g/mol. The van der Waals surface area contributed by atoms with E-state index in [0.717, 1.165) is 12.8 Å². The molecule has 1 aliphatic rings. The molecule has 0 radical (unpaired) electrons. The zero-order valence-corrected chi connectivity index (χ0v) is 12.1. The number of hydrogen-bond donors (Lipinski definition) is 1. The predicted molar refractivity (Wildman–Crippen MR) is 71.4 cm³/mol. The van der Waals surface area contributed by atoms with E-state index in [1.807, 2.05) is 0 Å². The molecule has 0 amide bonds. The molecule has 1 aromatic carbocycles. The Balaban J connectivity index is 2.67. The fraction of sp³-hybridized carbons (Fsp3) is 0.455. The van der Waals surface area contributed by atoms with Crippen LogP contribution < -0.4 is 5.32 Å². The van der Waals surface area contributed by atoms with Gasteiger partial charge >= 0.3 is 0 Å². The second-order valence-electron chi connectivity index (χ2n) is 3.94. The van der Waals surface area contributed by atoms with Crippen LogP contribution in [0.5, 0.6) is 0 Å². The molecule has 0 heterocycles. The number of anilines is 1. The van der Waals surface area contributed by atoms with Gasteiger partial charge in [-0.1, -0.05) is 0 Å². The first-order valence-electron chi connectivity index (χ1n) is 5.34. The number of halogens is 2. The zero-order valence-electron chi connectivity index (χ0n) is 9.67. The number of nitrogens with one attached hydrogen (secondary N) is 1. The van der Waals surface area contributed by atoms with Crippen LogP contribution in [0.2, 0.25) is 0 Å². The van der Waals surface area contributed by atoms with E-state index in [9.17, 15) is 8.60 Å². The van der Waals surface area contributed by atoms with Gasteiger partial charge in [-0.3, -0.25) is 0 Å². The van der Waals surface area contributed by atoms with Crippen LogP contribution in [0, 0.1) is 5.82 Å². The molecule has 1 aromatic rings. The molecule has 94 valence electrons. The second kappa shape index (κ2) is 4.57. The highest BCUT2D eigenvalue weighted by Crippen LogP contribution is 2.40. The Hall–Kier alpha value is -0.620. The molecular formula is C11H14BrFN2OS. The van der Waals surface area contributed by atoms with E-state index in [1.165, 1.54) is 0 Å². The normalized spacial score (nSPS) is 18.6. The van der Waals surface area contributed by atoms with Crippen LogP contribution in [-0.4, -0.2) is 23.6 Å². The first-order valence-corrected chi connectivity index (χ1v) is 7.71. The Morgan fingerprint density at radius 3 is 2.65 bits per heavy atom. The molecule has 1 atom stereocenters. The van der Waals surface area contributed by atoms with Crippen LogP contribution in [0.3, 0.4) is 0 Å². The fourth-order valence-electron chi connectivity index (χ4n) is 1.82. The molecule has 6 heteroatoms. The number of nitrogens with zero attached hydrogens (tertiary/aromatic N) is 1. The highest BCUT2D eigenvalue weighted by atomic mass is 79.9. The van der Waals surface area contributed by atoms with Crippen molar-refractivity contribution in [2.75, 3.05) is 19.4 Å². The van der Waals surface area contributed by atoms with Crippen LogP contribution in [0.4, 0.5) is 10.1 Å². The summed E-state index contributed by atoms with van der Waals surface area (Å²) in [5.74, 6) is -0.415. The van der Waals surface area contributed by atoms with Gasteiger partial charge in [-0.2, -0.15) is 0 Å². The van der Waals surface area contributed by atoms with Crippen molar-refractivity contribution < 1.29 is 8.60 Å². The maximum Gasteiger partial charge on any atom is 0.161 e. The lowest BCUT2D eigenvalue weighted by Gasteiger charge is -2.14. The highest BCUT2D eigenvalue weighted by molar-refractivity contribution is 9.10. The van der Waals surface area contributed by atoms with Gasteiger partial charge in [0.15, 0.2) is 5.82 Å². The minimum atomic E-state index is -2.49. The van der Waals surface area contributed by atoms with Gasteiger partial charge in [-0.15, -0.1) is 0 Å². The largest absolute Gasteiger partial charge is 0.385 e. The molecule has 1 N–H and O–H groups in total. The third-order valence-electron chi connectivity index (χ3n) is 2.87. The lowest BCUT2D eigenvalue weighted by atomic mass is 10.3. The molecule has 0 saturated heterocycles. The second-order valence-corrected chi connectivity index (χ2v) is 7.40. The molecule has 1 saturated carbocycles. The summed E-state index contributed by atoms with van der Waals surface area (Å²) in [5, 5.41) is 2.85. The summed E-state index contributed by atoms with van der Waals surface area (Å²) in [6, 6.07) is 3.27. The van der Waals surface area contributed by atoms with Gasteiger partial charge in [0.05, 0.1) is 24.8 Å². The molecule has 1 unspecified atom stereocenters. The van der Waals surface area contributed by atoms with Gasteiger partial charge in [-0.05, 0) is 40.9 Å². The van der Waals surface area contributed by atoms with Gasteiger partial charge in [-0.25, -0.2) is 13.0 Å². The van der Waals surface area contributed by atoms with Crippen molar-refractivity contribution in [1.29, 1.82) is 0 Å². The van der Waals surface area contributed by atoms with Gasteiger partial charge in [0, 0.05) is 19.3 Å². The lowest BCUT2D eigenvalue weighted by molar-refractivity contribution is 0.619. The van der Waals surface area contributed by atoms with Gasteiger partial charge in [0.1, 0.15) is 0 Å². The minimum absolute atomic E-state index is 0.0696. The third-order valence-corrected chi connectivity index (χ3v) is 6.37. The monoisotopic (exact) mass is 320 g/mol. The van der Waals surface area contributed by atoms with Gasteiger partial charge < -0.3 is 5.32 Å². The molecule has 3 nitrogen and oxygen atoms in total. The van der Waals surface area contributed by atoms with Crippen LogP contribution in [0.25, 0.3) is 0 Å². The SMILES string of the molecule is CN=S(=O)(c1ccc(Br)c(F)c1NC)C1CC1. The molecule has 1 fully saturated rings. The van der Waals surface area contributed by atoms with Crippen molar-refractivity contribution >= 4 is 31.3 Å². The highest BCUT2D eigenvalue weighted by Gasteiger charge is 2.36. The number of benzene rings is 1. The Morgan fingerprint density at radius 2 is 2.18 bits per heavy atom. The van der Waals surface area contributed by atoms with Gasteiger partial charge in [0.25, 0.3) is 0 Å². The van der Waals surface area contributed by atoms with E-state index < -0.39 is 15.5 Å². The minimum Gasteiger partial charge on any atom is -0.385 e. The van der Waals surface area contributed by atoms with Crippen molar-refractivity contribution in [3.63, 3.8) is 0 Å². The Morgan fingerprint density at radius 1 is 1.53 bits per heavy atom. The predicted octanol–water partition coefficient (Wildman–Crippen LogP) is 3.25. The van der Waals surface area contributed by atoms with Crippen LogP contribution >= 0.6 is 15.9 Å². The Bertz CT molecular complexity index is 563. The zero-order chi connectivity index (χ0) is 12.6. The van der Waals surface area contributed by atoms with Crippen molar-refractivity contribution in [3.05, 3.63) is 22.4 Å². The quantitative estimate of drug-likeness (QED) is 0.928. The summed E-state index contributed by atoms with van der Waals surface area (Å²) in [6.45, 7) is 0. The molecule has 17 heavy (non-hydrogen) atoms. The molecule has 1 aliphatic carbocycles. The lowest BCUT2D eigenvalue weighted by Crippen LogP contribution is -2.11. The summed E-state index contributed by atoms with van der Waals surface area (Å²) < 4.78 is 31.1. The van der Waals surface area contributed by atoms with Gasteiger partial charge in [0.2, 0.25) is 0 Å². The first-order chi connectivity index (χ1) is 8.04. The van der Waals surface area contributed by atoms with E-state index in [4.69, 9.17) is 0 Å². The van der Waals surface area contributed by atoms with Crippen molar-refractivity contribution in [2.24, 2.45) is 4.36 Å². The van der Waals surface area contributed by atoms with Crippen molar-refractivity contribution in [3.8, 4) is 0 Å². The summed E-state index contributed by atoms with van der Waals surface area (Å²) in [7, 11) is 0.672. The average Bonchev–Trinajstić information content (AvgIpc) is 3.15. The Kier molecular flexibility index (Phi) is 3.45. The van der Waals surface area contributed by atoms with Crippen LogP contribution in [0.15, 0.2) is 25.9 Å². The fourth-order valence-corrected chi connectivity index (χ4v) is 4.53. The molecule has 0 spiro atoms. The molecule has 0 aromatic heterocycles. The van der Waals surface area contributed by atoms with E-state index in [0.29, 0.717) is 9.37 Å². The van der Waals surface area contributed by atoms with E-state index >= 15 is 0 Å². The van der Waals surface area contributed by atoms with E-state index in [-0.39, 0.29) is 10.9 Å². The topological polar surface area (TPSA) is 41.5 Å². The maximum absolute atomic E-state index is 13.9. The smallest absolute Gasteiger partial charge is 0.161 e. The molecule has 0 bridgehead atoms. The van der Waals surface area contributed by atoms with E-state index in [2.05, 4.69) is 25.6 Å². The van der Waals surface area contributed by atoms with Crippen LogP contribution in [-0.2, 0) is 9.73 Å². The molecule has 0 aliphatic heterocycles. The van der Waals surface area contributed by atoms with Crippen LogP contribution in [0.1, 0.15) is 12.8 Å².